The first-order chi connectivity index (χ1) is 9.51. The first-order valence-electron chi connectivity index (χ1n) is 6.06. The van der Waals surface area contributed by atoms with Gasteiger partial charge in [0.2, 0.25) is 0 Å². The van der Waals surface area contributed by atoms with Crippen LogP contribution in [0.15, 0.2) is 45.3 Å². The first-order valence-corrected chi connectivity index (χ1v) is 7.64. The number of hydrogen-bond acceptors (Lipinski definition) is 2. The molecule has 0 saturated heterocycles. The Morgan fingerprint density at radius 2 is 1.75 bits per heavy atom. The number of amides is 1. The van der Waals surface area contributed by atoms with E-state index in [1.165, 1.54) is 0 Å². The molecule has 2 aromatic carbocycles. The summed E-state index contributed by atoms with van der Waals surface area (Å²) < 4.78 is 1.78. The Hall–Kier alpha value is -1.33. The molecule has 0 unspecified atom stereocenters. The molecule has 2 aromatic rings. The lowest BCUT2D eigenvalue weighted by Crippen LogP contribution is -2.14. The van der Waals surface area contributed by atoms with Gasteiger partial charge in [-0.25, -0.2) is 0 Å². The molecule has 0 atom stereocenters. The molecule has 1 amide bonds. The van der Waals surface area contributed by atoms with Crippen molar-refractivity contribution in [2.24, 2.45) is 0 Å². The summed E-state index contributed by atoms with van der Waals surface area (Å²) in [4.78, 5) is 12.4. The van der Waals surface area contributed by atoms with Gasteiger partial charge in [0, 0.05) is 21.7 Å². The topological polar surface area (TPSA) is 41.1 Å². The quantitative estimate of drug-likeness (QED) is 0.779. The third-order valence-electron chi connectivity index (χ3n) is 2.87. The molecule has 0 heterocycles. The van der Waals surface area contributed by atoms with Crippen LogP contribution in [0.2, 0.25) is 0 Å². The van der Waals surface area contributed by atoms with Gasteiger partial charge in [-0.05, 0) is 53.2 Å². The highest BCUT2D eigenvalue weighted by Crippen LogP contribution is 2.27. The van der Waals surface area contributed by atoms with E-state index in [-0.39, 0.29) is 5.91 Å². The monoisotopic (exact) mass is 396 g/mol. The summed E-state index contributed by atoms with van der Waals surface area (Å²) >= 11 is 6.82. The second-order valence-electron chi connectivity index (χ2n) is 4.38. The highest BCUT2D eigenvalue weighted by atomic mass is 79.9. The Morgan fingerprint density at radius 3 is 2.40 bits per heavy atom. The van der Waals surface area contributed by atoms with Gasteiger partial charge in [-0.3, -0.25) is 4.79 Å². The second-order valence-corrected chi connectivity index (χ2v) is 6.15. The first kappa shape index (κ1) is 15.1. The van der Waals surface area contributed by atoms with Crippen LogP contribution in [-0.4, -0.2) is 13.0 Å². The fraction of sp³-hybridized carbons (Fsp3) is 0.133. The van der Waals surface area contributed by atoms with E-state index in [0.29, 0.717) is 5.56 Å². The van der Waals surface area contributed by atoms with Gasteiger partial charge in [0.25, 0.3) is 5.91 Å². The summed E-state index contributed by atoms with van der Waals surface area (Å²) in [6, 6.07) is 11.4. The molecule has 20 heavy (non-hydrogen) atoms. The zero-order valence-corrected chi connectivity index (χ0v) is 14.3. The van der Waals surface area contributed by atoms with E-state index in [0.717, 1.165) is 25.9 Å². The standard InChI is InChI=1S/C15H14Br2N2O/c1-9-3-5-13(18-2)11(7-9)15(20)19-14-6-4-10(16)8-12(14)17/h3-8,18H,1-2H3,(H,19,20). The molecule has 5 heteroatoms. The number of halogens is 2. The highest BCUT2D eigenvalue weighted by Gasteiger charge is 2.12. The Balaban J connectivity index is 2.30. The Labute approximate surface area is 135 Å². The molecule has 2 rings (SSSR count). The fourth-order valence-corrected chi connectivity index (χ4v) is 2.99. The maximum absolute atomic E-state index is 12.4. The van der Waals surface area contributed by atoms with Gasteiger partial charge in [0.1, 0.15) is 0 Å². The predicted molar refractivity (Wildman–Crippen MR) is 90.5 cm³/mol. The van der Waals surface area contributed by atoms with Gasteiger partial charge in [-0.2, -0.15) is 0 Å². The molecule has 0 spiro atoms. The lowest BCUT2D eigenvalue weighted by Gasteiger charge is -2.12. The maximum atomic E-state index is 12.4. The molecule has 0 bridgehead atoms. The largest absolute Gasteiger partial charge is 0.387 e. The lowest BCUT2D eigenvalue weighted by molar-refractivity contribution is 0.102. The minimum Gasteiger partial charge on any atom is -0.387 e. The van der Waals surface area contributed by atoms with Crippen molar-refractivity contribution in [3.05, 3.63) is 56.5 Å². The van der Waals surface area contributed by atoms with Crippen LogP contribution in [-0.2, 0) is 0 Å². The number of benzene rings is 2. The van der Waals surface area contributed by atoms with E-state index >= 15 is 0 Å². The van der Waals surface area contributed by atoms with E-state index in [1.807, 2.05) is 43.3 Å². The van der Waals surface area contributed by atoms with Crippen molar-refractivity contribution < 1.29 is 4.79 Å². The van der Waals surface area contributed by atoms with Crippen LogP contribution < -0.4 is 10.6 Å². The number of carbonyl (C=O) groups excluding carboxylic acids is 1. The molecular weight excluding hydrogens is 384 g/mol. The molecule has 0 saturated carbocycles. The summed E-state index contributed by atoms with van der Waals surface area (Å²) in [5.41, 5.74) is 3.22. The van der Waals surface area contributed by atoms with Crippen LogP contribution in [0.3, 0.4) is 0 Å². The lowest BCUT2D eigenvalue weighted by atomic mass is 10.1. The number of nitrogens with one attached hydrogen (secondary N) is 2. The Kier molecular flexibility index (Phi) is 4.83. The van der Waals surface area contributed by atoms with E-state index < -0.39 is 0 Å². The van der Waals surface area contributed by atoms with Gasteiger partial charge < -0.3 is 10.6 Å². The zero-order valence-electron chi connectivity index (χ0n) is 11.1. The molecule has 0 aromatic heterocycles. The molecule has 104 valence electrons. The molecule has 3 nitrogen and oxygen atoms in total. The molecular formula is C15H14Br2N2O. The van der Waals surface area contributed by atoms with E-state index in [2.05, 4.69) is 42.5 Å². The summed E-state index contributed by atoms with van der Waals surface area (Å²) in [5, 5.41) is 5.94. The van der Waals surface area contributed by atoms with Crippen LogP contribution in [0.5, 0.6) is 0 Å². The molecule has 0 aliphatic rings. The molecule has 0 aliphatic carbocycles. The molecule has 0 aliphatic heterocycles. The van der Waals surface area contributed by atoms with Crippen molar-refractivity contribution >= 4 is 49.1 Å². The van der Waals surface area contributed by atoms with Gasteiger partial charge in [0.05, 0.1) is 11.3 Å². The minimum absolute atomic E-state index is 0.138. The van der Waals surface area contributed by atoms with Gasteiger partial charge in [-0.15, -0.1) is 0 Å². The van der Waals surface area contributed by atoms with Crippen molar-refractivity contribution in [3.63, 3.8) is 0 Å². The van der Waals surface area contributed by atoms with E-state index in [9.17, 15) is 4.79 Å². The van der Waals surface area contributed by atoms with Gasteiger partial charge in [0.15, 0.2) is 0 Å². The smallest absolute Gasteiger partial charge is 0.257 e. The second kappa shape index (κ2) is 6.41. The average molecular weight is 398 g/mol. The third-order valence-corrected chi connectivity index (χ3v) is 4.02. The van der Waals surface area contributed by atoms with Crippen LogP contribution in [0.1, 0.15) is 15.9 Å². The molecule has 0 radical (unpaired) electrons. The van der Waals surface area contributed by atoms with E-state index in [4.69, 9.17) is 0 Å². The van der Waals surface area contributed by atoms with Gasteiger partial charge >= 0.3 is 0 Å². The maximum Gasteiger partial charge on any atom is 0.257 e. The summed E-state index contributed by atoms with van der Waals surface area (Å²) in [6.07, 6.45) is 0. The van der Waals surface area contributed by atoms with Gasteiger partial charge in [-0.1, -0.05) is 27.6 Å². The van der Waals surface area contributed by atoms with Crippen molar-refractivity contribution in [1.29, 1.82) is 0 Å². The fourth-order valence-electron chi connectivity index (χ4n) is 1.84. The predicted octanol–water partition coefficient (Wildman–Crippen LogP) is 4.81. The highest BCUT2D eigenvalue weighted by molar-refractivity contribution is 9.11. The summed E-state index contributed by atoms with van der Waals surface area (Å²) in [5.74, 6) is -0.138. The number of hydrogen-bond donors (Lipinski definition) is 2. The third kappa shape index (κ3) is 3.41. The van der Waals surface area contributed by atoms with Crippen LogP contribution in [0.4, 0.5) is 11.4 Å². The van der Waals surface area contributed by atoms with Crippen LogP contribution in [0, 0.1) is 6.92 Å². The summed E-state index contributed by atoms with van der Waals surface area (Å²) in [7, 11) is 1.80. The van der Waals surface area contributed by atoms with Crippen LogP contribution in [0.25, 0.3) is 0 Å². The van der Waals surface area contributed by atoms with Crippen LogP contribution >= 0.6 is 31.9 Å². The minimum atomic E-state index is -0.138. The Morgan fingerprint density at radius 1 is 1.05 bits per heavy atom. The SMILES string of the molecule is CNc1ccc(C)cc1C(=O)Nc1ccc(Br)cc1Br. The summed E-state index contributed by atoms with van der Waals surface area (Å²) in [6.45, 7) is 1.96. The number of aryl methyl sites for hydroxylation is 1. The number of rotatable bonds is 3. The van der Waals surface area contributed by atoms with Crippen molar-refractivity contribution in [1.82, 2.24) is 0 Å². The van der Waals surface area contributed by atoms with Crippen molar-refractivity contribution in [2.45, 2.75) is 6.92 Å². The normalized spacial score (nSPS) is 10.2. The molecule has 2 N–H and O–H groups in total. The number of carbonyl (C=O) groups is 1. The molecule has 0 fully saturated rings. The van der Waals surface area contributed by atoms with Crippen molar-refractivity contribution in [3.8, 4) is 0 Å². The average Bonchev–Trinajstić information content (AvgIpc) is 2.41. The number of anilines is 2. The Bertz CT molecular complexity index is 656. The zero-order chi connectivity index (χ0) is 14.7. The van der Waals surface area contributed by atoms with E-state index in [1.54, 1.807) is 7.05 Å². The van der Waals surface area contributed by atoms with Crippen molar-refractivity contribution in [2.75, 3.05) is 17.7 Å².